The maximum Gasteiger partial charge on any atom is 0.254 e. The fourth-order valence-corrected chi connectivity index (χ4v) is 8.13. The summed E-state index contributed by atoms with van der Waals surface area (Å²) in [5.41, 5.74) is 4.82. The van der Waals surface area contributed by atoms with Crippen LogP contribution >= 0.6 is 0 Å². The predicted molar refractivity (Wildman–Crippen MR) is 181 cm³/mol. The van der Waals surface area contributed by atoms with Gasteiger partial charge in [-0.3, -0.25) is 19.3 Å². The summed E-state index contributed by atoms with van der Waals surface area (Å²) in [7, 11) is 0. The van der Waals surface area contributed by atoms with Gasteiger partial charge >= 0.3 is 0 Å². The molecule has 4 aliphatic rings. The van der Waals surface area contributed by atoms with E-state index in [-0.39, 0.29) is 29.7 Å². The minimum Gasteiger partial charge on any atom is -0.369 e. The first-order chi connectivity index (χ1) is 22.2. The van der Waals surface area contributed by atoms with Gasteiger partial charge in [0.25, 0.3) is 5.91 Å². The van der Waals surface area contributed by atoms with Crippen LogP contribution in [0.4, 0.5) is 11.4 Å². The monoisotopic (exact) mass is 625 g/mol. The molecule has 7 rings (SSSR count). The summed E-state index contributed by atoms with van der Waals surface area (Å²) in [5.74, 6) is 1.54. The Bertz CT molecular complexity index is 1650. The highest BCUT2D eigenvalue weighted by Gasteiger charge is 2.35. The summed E-state index contributed by atoms with van der Waals surface area (Å²) in [4.78, 5) is 51.0. The van der Waals surface area contributed by atoms with Crippen LogP contribution in [0.2, 0.25) is 0 Å². The van der Waals surface area contributed by atoms with Gasteiger partial charge in [-0.1, -0.05) is 20.8 Å². The number of carbonyl (C=O) groups is 3. The number of anilines is 2. The molecule has 2 saturated heterocycles. The molecule has 3 fully saturated rings. The summed E-state index contributed by atoms with van der Waals surface area (Å²) in [6, 6.07) is 12.2. The molecule has 244 valence electrons. The second-order valence-corrected chi connectivity index (χ2v) is 14.3. The zero-order valence-electron chi connectivity index (χ0n) is 27.6. The quantitative estimate of drug-likeness (QED) is 0.418. The molecule has 2 atom stereocenters. The van der Waals surface area contributed by atoms with Gasteiger partial charge in [0.15, 0.2) is 0 Å². The number of amides is 3. The first-order valence-electron chi connectivity index (χ1n) is 17.2. The lowest BCUT2D eigenvalue weighted by Crippen LogP contribution is -2.52. The van der Waals surface area contributed by atoms with Gasteiger partial charge in [-0.25, -0.2) is 4.98 Å². The first kappa shape index (κ1) is 30.7. The van der Waals surface area contributed by atoms with Crippen LogP contribution in [0.15, 0.2) is 36.4 Å². The van der Waals surface area contributed by atoms with Crippen molar-refractivity contribution in [2.45, 2.75) is 77.9 Å². The van der Waals surface area contributed by atoms with Crippen molar-refractivity contribution >= 4 is 40.1 Å². The molecule has 10 nitrogen and oxygen atoms in total. The average molecular weight is 626 g/mol. The van der Waals surface area contributed by atoms with Crippen molar-refractivity contribution in [3.63, 3.8) is 0 Å². The maximum atomic E-state index is 13.8. The van der Waals surface area contributed by atoms with E-state index in [9.17, 15) is 14.4 Å². The van der Waals surface area contributed by atoms with Crippen LogP contribution < -0.4 is 15.5 Å². The maximum absolute atomic E-state index is 13.8. The van der Waals surface area contributed by atoms with Crippen LogP contribution in [0.25, 0.3) is 22.4 Å². The molecule has 0 spiro atoms. The molecule has 1 aliphatic carbocycles. The van der Waals surface area contributed by atoms with Crippen LogP contribution in [0.3, 0.4) is 0 Å². The van der Waals surface area contributed by atoms with Gasteiger partial charge in [-0.05, 0) is 80.3 Å². The van der Waals surface area contributed by atoms with Crippen molar-refractivity contribution in [2.75, 3.05) is 49.5 Å². The van der Waals surface area contributed by atoms with E-state index in [0.717, 1.165) is 85.4 Å². The van der Waals surface area contributed by atoms with Gasteiger partial charge in [0.2, 0.25) is 11.8 Å². The Balaban J connectivity index is 1.18. The number of carbonyl (C=O) groups excluding carboxylic acids is 3. The summed E-state index contributed by atoms with van der Waals surface area (Å²) in [5, 5.41) is 6.21. The average Bonchev–Trinajstić information content (AvgIpc) is 3.62. The third-order valence-electron chi connectivity index (χ3n) is 10.7. The number of benzene rings is 2. The number of hydrogen-bond donors (Lipinski definition) is 2. The zero-order valence-corrected chi connectivity index (χ0v) is 27.6. The lowest BCUT2D eigenvalue weighted by Gasteiger charge is -2.41. The van der Waals surface area contributed by atoms with E-state index in [0.29, 0.717) is 11.6 Å². The minimum atomic E-state index is -0.454. The standard InChI is InChI=1S/C36H47N7O3/c1-22(2)33-35(45)39-30-11-10-28(42-14-13-26(21-42)37-24(4)44)20-29(30)34-38-31-19-25(7-12-32(31)43(33)34)36(46)41-17-15-40(16-18-41)27-8-5-23(3)6-9-27/h7,10-12,19-20,22-23,26-27,33H,5-6,8-9,13-18,21H2,1-4H3,(H,37,44)(H,39,45)/t23?,26?,27?,33-/m0/s1. The van der Waals surface area contributed by atoms with Crippen molar-refractivity contribution in [1.82, 2.24) is 24.7 Å². The third-order valence-corrected chi connectivity index (χ3v) is 10.7. The lowest BCUT2D eigenvalue weighted by molar-refractivity contribution is -0.120. The second kappa shape index (κ2) is 12.4. The molecule has 3 aliphatic heterocycles. The molecule has 1 unspecified atom stereocenters. The molecule has 2 aromatic carbocycles. The summed E-state index contributed by atoms with van der Waals surface area (Å²) < 4.78 is 2.06. The van der Waals surface area contributed by atoms with Crippen LogP contribution in [-0.2, 0) is 9.59 Å². The van der Waals surface area contributed by atoms with Gasteiger partial charge in [0.1, 0.15) is 11.9 Å². The molecule has 3 amide bonds. The fraction of sp³-hybridized carbons (Fsp3) is 0.556. The topological polar surface area (TPSA) is 103 Å². The molecule has 2 N–H and O–H groups in total. The van der Waals surface area contributed by atoms with E-state index in [1.807, 2.05) is 35.2 Å². The lowest BCUT2D eigenvalue weighted by atomic mass is 9.86. The van der Waals surface area contributed by atoms with E-state index >= 15 is 0 Å². The van der Waals surface area contributed by atoms with E-state index in [1.165, 1.54) is 25.7 Å². The molecule has 0 bridgehead atoms. The molecule has 0 radical (unpaired) electrons. The number of piperazine rings is 1. The Kier molecular flexibility index (Phi) is 8.25. The molecule has 3 aromatic rings. The largest absolute Gasteiger partial charge is 0.369 e. The van der Waals surface area contributed by atoms with Gasteiger partial charge in [0, 0.05) is 75.1 Å². The normalized spacial score (nSPS) is 25.3. The van der Waals surface area contributed by atoms with Gasteiger partial charge < -0.3 is 25.0 Å². The minimum absolute atomic E-state index is 0.0146. The van der Waals surface area contributed by atoms with E-state index in [2.05, 4.69) is 51.8 Å². The number of nitrogens with one attached hydrogen (secondary N) is 2. The number of rotatable bonds is 5. The third kappa shape index (κ3) is 5.76. The highest BCUT2D eigenvalue weighted by Crippen LogP contribution is 2.41. The van der Waals surface area contributed by atoms with Gasteiger partial charge in [-0.2, -0.15) is 0 Å². The number of imidazole rings is 1. The smallest absolute Gasteiger partial charge is 0.254 e. The summed E-state index contributed by atoms with van der Waals surface area (Å²) >= 11 is 0. The molecule has 46 heavy (non-hydrogen) atoms. The Morgan fingerprint density at radius 3 is 2.43 bits per heavy atom. The number of fused-ring (bicyclic) bond motifs is 5. The SMILES string of the molecule is CC(=O)NC1CCN(c2ccc3c(c2)-c2nc4cc(C(=O)N5CCN(C6CCC(C)CC6)CC5)ccc4n2[C@@H](C(C)C)C(=O)N3)C1. The molecular weight excluding hydrogens is 578 g/mol. The Morgan fingerprint density at radius 1 is 0.957 bits per heavy atom. The number of hydrogen-bond acceptors (Lipinski definition) is 6. The fourth-order valence-electron chi connectivity index (χ4n) is 8.13. The summed E-state index contributed by atoms with van der Waals surface area (Å²) in [6.45, 7) is 12.9. The number of nitrogens with zero attached hydrogens (tertiary/aromatic N) is 5. The van der Waals surface area contributed by atoms with E-state index in [4.69, 9.17) is 4.98 Å². The molecule has 4 heterocycles. The Morgan fingerprint density at radius 2 is 1.72 bits per heavy atom. The first-order valence-corrected chi connectivity index (χ1v) is 17.2. The zero-order chi connectivity index (χ0) is 32.1. The Hall–Kier alpha value is -3.92. The highest BCUT2D eigenvalue weighted by molar-refractivity contribution is 6.03. The summed E-state index contributed by atoms with van der Waals surface area (Å²) in [6.07, 6.45) is 6.04. The van der Waals surface area contributed by atoms with Gasteiger partial charge in [0.05, 0.1) is 16.7 Å². The molecule has 10 heteroatoms. The molecule has 1 saturated carbocycles. The van der Waals surface area contributed by atoms with Crippen LogP contribution in [0.5, 0.6) is 0 Å². The van der Waals surface area contributed by atoms with Gasteiger partial charge in [-0.15, -0.1) is 0 Å². The highest BCUT2D eigenvalue weighted by atomic mass is 16.2. The van der Waals surface area contributed by atoms with Crippen molar-refractivity contribution in [3.8, 4) is 11.4 Å². The predicted octanol–water partition coefficient (Wildman–Crippen LogP) is 4.90. The number of aromatic nitrogens is 2. The van der Waals surface area contributed by atoms with Crippen molar-refractivity contribution in [3.05, 3.63) is 42.0 Å². The van der Waals surface area contributed by atoms with Crippen molar-refractivity contribution in [2.24, 2.45) is 11.8 Å². The second-order valence-electron chi connectivity index (χ2n) is 14.3. The van der Waals surface area contributed by atoms with Crippen LogP contribution in [0, 0.1) is 11.8 Å². The van der Waals surface area contributed by atoms with Crippen molar-refractivity contribution < 1.29 is 14.4 Å². The Labute approximate surface area is 271 Å². The molecular formula is C36H47N7O3. The van der Waals surface area contributed by atoms with E-state index < -0.39 is 6.04 Å². The van der Waals surface area contributed by atoms with Crippen LogP contribution in [-0.4, -0.2) is 88.4 Å². The van der Waals surface area contributed by atoms with Crippen LogP contribution in [0.1, 0.15) is 76.2 Å². The molecule has 1 aromatic heterocycles. The van der Waals surface area contributed by atoms with Crippen molar-refractivity contribution in [1.29, 1.82) is 0 Å². The van der Waals surface area contributed by atoms with E-state index in [1.54, 1.807) is 6.92 Å².